The zero-order valence-corrected chi connectivity index (χ0v) is 6.56. The first kappa shape index (κ1) is 10.8. The number of nitrogens with two attached hydrogens (primary N) is 1. The standard InChI is InChI=1S/C5H9NO4.C2H2/c6-3-8-1-4-2-9-5(7)10-4;1-2/h4H,1-3,6H2;1-2H. The van der Waals surface area contributed by atoms with E-state index in [2.05, 4.69) is 22.3 Å². The predicted molar refractivity (Wildman–Crippen MR) is 41.1 cm³/mol. The number of hydrogen-bond donors (Lipinski definition) is 1. The summed E-state index contributed by atoms with van der Waals surface area (Å²) in [7, 11) is 0. The van der Waals surface area contributed by atoms with E-state index in [9.17, 15) is 4.79 Å². The van der Waals surface area contributed by atoms with Crippen molar-refractivity contribution in [3.8, 4) is 12.8 Å². The van der Waals surface area contributed by atoms with Crippen molar-refractivity contribution in [3.05, 3.63) is 0 Å². The van der Waals surface area contributed by atoms with Gasteiger partial charge >= 0.3 is 6.16 Å². The number of carbonyl (C=O) groups excluding carboxylic acids is 1. The molecule has 0 spiro atoms. The first-order chi connectivity index (χ1) is 5.83. The van der Waals surface area contributed by atoms with Crippen LogP contribution in [0.2, 0.25) is 0 Å². The molecule has 5 heteroatoms. The van der Waals surface area contributed by atoms with E-state index in [1.54, 1.807) is 0 Å². The molecule has 1 rings (SSSR count). The van der Waals surface area contributed by atoms with Gasteiger partial charge in [0.15, 0.2) is 6.10 Å². The predicted octanol–water partition coefficient (Wildman–Crippen LogP) is -0.296. The van der Waals surface area contributed by atoms with Crippen LogP contribution >= 0.6 is 0 Å². The molecule has 1 aliphatic heterocycles. The maximum Gasteiger partial charge on any atom is 0.508 e. The Labute approximate surface area is 70.8 Å². The Hall–Kier alpha value is -1.25. The van der Waals surface area contributed by atoms with Gasteiger partial charge in [0.1, 0.15) is 6.61 Å². The van der Waals surface area contributed by atoms with Crippen molar-refractivity contribution in [2.75, 3.05) is 19.9 Å². The van der Waals surface area contributed by atoms with Crippen molar-refractivity contribution >= 4 is 6.16 Å². The van der Waals surface area contributed by atoms with Crippen LogP contribution in [0.5, 0.6) is 0 Å². The molecule has 1 heterocycles. The summed E-state index contributed by atoms with van der Waals surface area (Å²) in [5.41, 5.74) is 5.04. The van der Waals surface area contributed by atoms with Crippen LogP contribution in [0.15, 0.2) is 0 Å². The van der Waals surface area contributed by atoms with E-state index in [0.717, 1.165) is 0 Å². The Morgan fingerprint density at radius 2 is 2.33 bits per heavy atom. The zero-order valence-electron chi connectivity index (χ0n) is 6.56. The average Bonchev–Trinajstić information content (AvgIpc) is 2.51. The highest BCUT2D eigenvalue weighted by atomic mass is 16.8. The lowest BCUT2D eigenvalue weighted by Gasteiger charge is -2.03. The molecule has 0 saturated carbocycles. The summed E-state index contributed by atoms with van der Waals surface area (Å²) in [5, 5.41) is 0. The maximum atomic E-state index is 10.3. The first-order valence-corrected chi connectivity index (χ1v) is 3.27. The minimum absolute atomic E-state index is 0.133. The van der Waals surface area contributed by atoms with Crippen molar-refractivity contribution < 1.29 is 19.0 Å². The summed E-state index contributed by atoms with van der Waals surface area (Å²) in [5.74, 6) is 0. The first-order valence-electron chi connectivity index (χ1n) is 3.27. The van der Waals surface area contributed by atoms with Crippen LogP contribution in [0.4, 0.5) is 4.79 Å². The van der Waals surface area contributed by atoms with Crippen LogP contribution in [0.3, 0.4) is 0 Å². The third kappa shape index (κ3) is 3.81. The molecule has 1 fully saturated rings. The maximum absolute atomic E-state index is 10.3. The number of hydrogen-bond acceptors (Lipinski definition) is 5. The van der Waals surface area contributed by atoms with Crippen LogP contribution in [-0.4, -0.2) is 32.2 Å². The molecule has 0 aromatic rings. The molecule has 1 unspecified atom stereocenters. The van der Waals surface area contributed by atoms with E-state index in [0.29, 0.717) is 6.61 Å². The van der Waals surface area contributed by atoms with E-state index in [4.69, 9.17) is 10.5 Å². The third-order valence-electron chi connectivity index (χ3n) is 1.07. The lowest BCUT2D eigenvalue weighted by molar-refractivity contribution is 0.0487. The van der Waals surface area contributed by atoms with Gasteiger partial charge < -0.3 is 19.9 Å². The molecule has 0 aliphatic carbocycles. The molecule has 68 valence electrons. The average molecular weight is 173 g/mol. The number of ether oxygens (including phenoxy) is 3. The highest BCUT2D eigenvalue weighted by molar-refractivity contribution is 5.61. The molecular weight excluding hydrogens is 162 g/mol. The van der Waals surface area contributed by atoms with Crippen molar-refractivity contribution in [3.63, 3.8) is 0 Å². The summed E-state index contributed by atoms with van der Waals surface area (Å²) in [6.07, 6.45) is 7.08. The van der Waals surface area contributed by atoms with E-state index < -0.39 is 6.16 Å². The van der Waals surface area contributed by atoms with Crippen molar-refractivity contribution in [2.24, 2.45) is 5.73 Å². The molecular formula is C7H11NO4. The van der Waals surface area contributed by atoms with E-state index in [1.807, 2.05) is 0 Å². The topological polar surface area (TPSA) is 70.8 Å². The normalized spacial score (nSPS) is 20.2. The fourth-order valence-electron chi connectivity index (χ4n) is 0.647. The van der Waals surface area contributed by atoms with Gasteiger partial charge in [0.05, 0.1) is 13.3 Å². The highest BCUT2D eigenvalue weighted by Gasteiger charge is 2.24. The Morgan fingerprint density at radius 1 is 1.67 bits per heavy atom. The van der Waals surface area contributed by atoms with E-state index in [1.165, 1.54) is 0 Å². The van der Waals surface area contributed by atoms with Crippen LogP contribution in [0, 0.1) is 12.8 Å². The van der Waals surface area contributed by atoms with Gasteiger partial charge in [-0.25, -0.2) is 4.79 Å². The van der Waals surface area contributed by atoms with E-state index >= 15 is 0 Å². The Morgan fingerprint density at radius 3 is 2.75 bits per heavy atom. The van der Waals surface area contributed by atoms with Crippen LogP contribution < -0.4 is 5.73 Å². The van der Waals surface area contributed by atoms with Gasteiger partial charge in [-0.15, -0.1) is 12.8 Å². The minimum atomic E-state index is -0.634. The molecule has 1 aliphatic rings. The summed E-state index contributed by atoms with van der Waals surface area (Å²) in [6.45, 7) is 0.703. The quantitative estimate of drug-likeness (QED) is 0.360. The number of rotatable bonds is 3. The van der Waals surface area contributed by atoms with Gasteiger partial charge in [-0.2, -0.15) is 0 Å². The van der Waals surface area contributed by atoms with Crippen molar-refractivity contribution in [2.45, 2.75) is 6.10 Å². The second kappa shape index (κ2) is 6.46. The Bertz CT molecular complexity index is 157. The molecule has 0 aromatic heterocycles. The monoisotopic (exact) mass is 173 g/mol. The SMILES string of the molecule is C#C.NCOCC1COC(=O)O1. The van der Waals surface area contributed by atoms with Crippen molar-refractivity contribution in [1.82, 2.24) is 0 Å². The summed E-state index contributed by atoms with van der Waals surface area (Å²) in [6, 6.07) is 0. The molecule has 2 N–H and O–H groups in total. The van der Waals surface area contributed by atoms with Gasteiger partial charge in [0, 0.05) is 0 Å². The molecule has 0 bridgehead atoms. The van der Waals surface area contributed by atoms with E-state index in [-0.39, 0.29) is 19.4 Å². The fourth-order valence-corrected chi connectivity index (χ4v) is 0.647. The molecule has 5 nitrogen and oxygen atoms in total. The Balaban J connectivity index is 0.000000561. The van der Waals surface area contributed by atoms with Gasteiger partial charge in [-0.05, 0) is 0 Å². The number of terminal acetylenes is 1. The van der Waals surface area contributed by atoms with Crippen LogP contribution in [0.1, 0.15) is 0 Å². The van der Waals surface area contributed by atoms with Crippen LogP contribution in [0.25, 0.3) is 0 Å². The molecule has 12 heavy (non-hydrogen) atoms. The smallest absolute Gasteiger partial charge is 0.430 e. The second-order valence-corrected chi connectivity index (χ2v) is 1.84. The molecule has 0 amide bonds. The number of carbonyl (C=O) groups is 1. The summed E-state index contributed by atoms with van der Waals surface area (Å²) < 4.78 is 13.9. The Kier molecular flexibility index (Phi) is 5.79. The van der Waals surface area contributed by atoms with Gasteiger partial charge in [0.2, 0.25) is 0 Å². The second-order valence-electron chi connectivity index (χ2n) is 1.84. The zero-order chi connectivity index (χ0) is 9.40. The van der Waals surface area contributed by atoms with Gasteiger partial charge in [-0.3, -0.25) is 0 Å². The largest absolute Gasteiger partial charge is 0.508 e. The molecule has 1 saturated heterocycles. The van der Waals surface area contributed by atoms with Gasteiger partial charge in [-0.1, -0.05) is 0 Å². The third-order valence-corrected chi connectivity index (χ3v) is 1.07. The molecule has 0 radical (unpaired) electrons. The van der Waals surface area contributed by atoms with Crippen LogP contribution in [-0.2, 0) is 14.2 Å². The molecule has 1 atom stereocenters. The summed E-state index contributed by atoms with van der Waals surface area (Å²) >= 11 is 0. The lowest BCUT2D eigenvalue weighted by atomic mass is 10.4. The lowest BCUT2D eigenvalue weighted by Crippen LogP contribution is -2.20. The fraction of sp³-hybridized carbons (Fsp3) is 0.571. The number of cyclic esters (lactones) is 2. The van der Waals surface area contributed by atoms with Crippen molar-refractivity contribution in [1.29, 1.82) is 0 Å². The summed E-state index contributed by atoms with van der Waals surface area (Å²) in [4.78, 5) is 10.3. The minimum Gasteiger partial charge on any atom is -0.430 e. The molecule has 0 aromatic carbocycles. The highest BCUT2D eigenvalue weighted by Crippen LogP contribution is 2.05. The van der Waals surface area contributed by atoms with Gasteiger partial charge in [0.25, 0.3) is 0 Å².